The molecule has 1 atom stereocenters. The Labute approximate surface area is 140 Å². The smallest absolute Gasteiger partial charge is 0.191 e. The maximum Gasteiger partial charge on any atom is 0.191 e. The van der Waals surface area contributed by atoms with Gasteiger partial charge in [0.25, 0.3) is 0 Å². The molecule has 126 valence electrons. The second-order valence-corrected chi connectivity index (χ2v) is 6.08. The zero-order valence-corrected chi connectivity index (χ0v) is 14.3. The van der Waals surface area contributed by atoms with E-state index in [0.717, 1.165) is 45.1 Å². The monoisotopic (exact) mass is 314 g/mol. The summed E-state index contributed by atoms with van der Waals surface area (Å²) in [5.41, 5.74) is 1.43. The van der Waals surface area contributed by atoms with E-state index in [9.17, 15) is 0 Å². The van der Waals surface area contributed by atoms with Crippen molar-refractivity contribution < 1.29 is 0 Å². The summed E-state index contributed by atoms with van der Waals surface area (Å²) in [6.45, 7) is 11.9. The van der Waals surface area contributed by atoms with Gasteiger partial charge in [-0.15, -0.1) is 6.58 Å². The van der Waals surface area contributed by atoms with Gasteiger partial charge in [0, 0.05) is 32.7 Å². The van der Waals surface area contributed by atoms with Crippen molar-refractivity contribution in [2.45, 2.75) is 19.8 Å². The number of hydrogen-bond acceptors (Lipinski definition) is 2. The van der Waals surface area contributed by atoms with Crippen molar-refractivity contribution in [3.63, 3.8) is 0 Å². The van der Waals surface area contributed by atoms with Gasteiger partial charge in [0.05, 0.1) is 0 Å². The summed E-state index contributed by atoms with van der Waals surface area (Å²) < 4.78 is 0. The predicted octanol–water partition coefficient (Wildman–Crippen LogP) is 2.29. The molecule has 1 aromatic carbocycles. The van der Waals surface area contributed by atoms with Crippen molar-refractivity contribution in [3.05, 3.63) is 48.6 Å². The van der Waals surface area contributed by atoms with Gasteiger partial charge in [-0.25, -0.2) is 0 Å². The molecule has 1 heterocycles. The van der Waals surface area contributed by atoms with E-state index < -0.39 is 0 Å². The minimum absolute atomic E-state index is 0.671. The Morgan fingerprint density at radius 3 is 2.91 bits per heavy atom. The second kappa shape index (κ2) is 10.1. The van der Waals surface area contributed by atoms with E-state index in [1.165, 1.54) is 18.5 Å². The molecule has 0 saturated carbocycles. The van der Waals surface area contributed by atoms with Crippen LogP contribution in [0.15, 0.2) is 48.0 Å². The van der Waals surface area contributed by atoms with Crippen molar-refractivity contribution in [2.24, 2.45) is 10.9 Å². The van der Waals surface area contributed by atoms with E-state index in [1.807, 2.05) is 6.08 Å². The summed E-state index contributed by atoms with van der Waals surface area (Å²) >= 11 is 0. The SMILES string of the molecule is C=CCNC(=NCC1CCN(CCc2ccccc2)C1)NCC. The lowest BCUT2D eigenvalue weighted by Crippen LogP contribution is -2.37. The number of guanidine groups is 1. The molecule has 0 aromatic heterocycles. The molecule has 1 aliphatic rings. The fourth-order valence-electron chi connectivity index (χ4n) is 2.93. The first kappa shape index (κ1) is 17.5. The normalized spacial score (nSPS) is 18.8. The molecule has 0 bridgehead atoms. The third-order valence-electron chi connectivity index (χ3n) is 4.20. The van der Waals surface area contributed by atoms with Gasteiger partial charge in [0.15, 0.2) is 5.96 Å². The topological polar surface area (TPSA) is 39.7 Å². The minimum atomic E-state index is 0.671. The highest BCUT2D eigenvalue weighted by Gasteiger charge is 2.21. The fraction of sp³-hybridized carbons (Fsp3) is 0.526. The Morgan fingerprint density at radius 2 is 2.17 bits per heavy atom. The van der Waals surface area contributed by atoms with E-state index >= 15 is 0 Å². The second-order valence-electron chi connectivity index (χ2n) is 6.08. The molecular weight excluding hydrogens is 284 g/mol. The molecule has 0 amide bonds. The third kappa shape index (κ3) is 6.45. The summed E-state index contributed by atoms with van der Waals surface area (Å²) in [6, 6.07) is 10.7. The van der Waals surface area contributed by atoms with E-state index in [-0.39, 0.29) is 0 Å². The van der Waals surface area contributed by atoms with Crippen LogP contribution < -0.4 is 10.6 Å². The zero-order valence-electron chi connectivity index (χ0n) is 14.3. The number of aliphatic imine (C=N–C) groups is 1. The molecule has 2 rings (SSSR count). The Morgan fingerprint density at radius 1 is 1.35 bits per heavy atom. The Kier molecular flexibility index (Phi) is 7.67. The largest absolute Gasteiger partial charge is 0.357 e. The summed E-state index contributed by atoms with van der Waals surface area (Å²) in [5.74, 6) is 1.57. The summed E-state index contributed by atoms with van der Waals surface area (Å²) in [7, 11) is 0. The quantitative estimate of drug-likeness (QED) is 0.439. The molecular formula is C19H30N4. The number of nitrogens with one attached hydrogen (secondary N) is 2. The lowest BCUT2D eigenvalue weighted by atomic mass is 10.1. The van der Waals surface area contributed by atoms with Crippen LogP contribution in [0.4, 0.5) is 0 Å². The molecule has 1 aromatic rings. The van der Waals surface area contributed by atoms with Crippen molar-refractivity contribution in [1.29, 1.82) is 0 Å². The number of hydrogen-bond donors (Lipinski definition) is 2. The molecule has 23 heavy (non-hydrogen) atoms. The lowest BCUT2D eigenvalue weighted by Gasteiger charge is -2.16. The summed E-state index contributed by atoms with van der Waals surface area (Å²) in [6.07, 6.45) is 4.24. The number of benzene rings is 1. The van der Waals surface area contributed by atoms with Gasteiger partial charge in [-0.2, -0.15) is 0 Å². The molecule has 4 heteroatoms. The van der Waals surface area contributed by atoms with Crippen LogP contribution in [-0.4, -0.2) is 50.1 Å². The van der Waals surface area contributed by atoms with Crippen LogP contribution in [0.1, 0.15) is 18.9 Å². The first-order valence-corrected chi connectivity index (χ1v) is 8.71. The van der Waals surface area contributed by atoms with E-state index in [4.69, 9.17) is 4.99 Å². The molecule has 0 spiro atoms. The maximum absolute atomic E-state index is 4.71. The molecule has 0 radical (unpaired) electrons. The van der Waals surface area contributed by atoms with Crippen LogP contribution in [0.2, 0.25) is 0 Å². The van der Waals surface area contributed by atoms with E-state index in [1.54, 1.807) is 0 Å². The number of likely N-dealkylation sites (tertiary alicyclic amines) is 1. The van der Waals surface area contributed by atoms with Gasteiger partial charge in [-0.1, -0.05) is 36.4 Å². The Balaban J connectivity index is 1.72. The molecule has 2 N–H and O–H groups in total. The minimum Gasteiger partial charge on any atom is -0.357 e. The Bertz CT molecular complexity index is 483. The predicted molar refractivity (Wildman–Crippen MR) is 98.9 cm³/mol. The molecule has 0 aliphatic carbocycles. The first-order chi connectivity index (χ1) is 11.3. The van der Waals surface area contributed by atoms with Gasteiger partial charge in [-0.05, 0) is 37.8 Å². The van der Waals surface area contributed by atoms with Crippen LogP contribution in [0.3, 0.4) is 0 Å². The highest BCUT2D eigenvalue weighted by atomic mass is 15.2. The van der Waals surface area contributed by atoms with Gasteiger partial charge in [0.2, 0.25) is 0 Å². The number of rotatable bonds is 8. The van der Waals surface area contributed by atoms with Crippen LogP contribution in [-0.2, 0) is 6.42 Å². The highest BCUT2D eigenvalue weighted by Crippen LogP contribution is 2.17. The molecule has 1 unspecified atom stereocenters. The van der Waals surface area contributed by atoms with Crippen LogP contribution in [0.25, 0.3) is 0 Å². The van der Waals surface area contributed by atoms with E-state index in [0.29, 0.717) is 5.92 Å². The third-order valence-corrected chi connectivity index (χ3v) is 4.20. The maximum atomic E-state index is 4.71. The van der Waals surface area contributed by atoms with Gasteiger partial charge in [0.1, 0.15) is 0 Å². The first-order valence-electron chi connectivity index (χ1n) is 8.71. The van der Waals surface area contributed by atoms with Crippen LogP contribution in [0.5, 0.6) is 0 Å². The fourth-order valence-corrected chi connectivity index (χ4v) is 2.93. The van der Waals surface area contributed by atoms with Crippen LogP contribution in [0, 0.1) is 5.92 Å². The average Bonchev–Trinajstić information content (AvgIpc) is 3.04. The highest BCUT2D eigenvalue weighted by molar-refractivity contribution is 5.79. The molecule has 1 aliphatic heterocycles. The van der Waals surface area contributed by atoms with Gasteiger partial charge >= 0.3 is 0 Å². The van der Waals surface area contributed by atoms with E-state index in [2.05, 4.69) is 59.4 Å². The van der Waals surface area contributed by atoms with Crippen molar-refractivity contribution >= 4 is 5.96 Å². The molecule has 4 nitrogen and oxygen atoms in total. The number of nitrogens with zero attached hydrogens (tertiary/aromatic N) is 2. The zero-order chi connectivity index (χ0) is 16.3. The standard InChI is InChI=1S/C19H30N4/c1-3-12-21-19(20-4-2)22-15-18-11-14-23(16-18)13-10-17-8-6-5-7-9-17/h3,5-9,18H,1,4,10-16H2,2H3,(H2,20,21,22). The van der Waals surface area contributed by atoms with Crippen molar-refractivity contribution in [2.75, 3.05) is 39.3 Å². The van der Waals surface area contributed by atoms with Crippen LogP contribution >= 0.6 is 0 Å². The lowest BCUT2D eigenvalue weighted by molar-refractivity contribution is 0.329. The molecule has 1 fully saturated rings. The van der Waals surface area contributed by atoms with Gasteiger partial charge in [-0.3, -0.25) is 4.99 Å². The van der Waals surface area contributed by atoms with Crippen molar-refractivity contribution in [1.82, 2.24) is 15.5 Å². The summed E-state index contributed by atoms with van der Waals surface area (Å²) in [5, 5.41) is 6.54. The van der Waals surface area contributed by atoms with Gasteiger partial charge < -0.3 is 15.5 Å². The Hall–Kier alpha value is -1.81. The molecule has 1 saturated heterocycles. The van der Waals surface area contributed by atoms with Crippen molar-refractivity contribution in [3.8, 4) is 0 Å². The summed E-state index contributed by atoms with van der Waals surface area (Å²) in [4.78, 5) is 7.27. The average molecular weight is 314 g/mol.